The minimum atomic E-state index is -1.15. The number of nitrogens with zero attached hydrogens (tertiary/aromatic N) is 2. The van der Waals surface area contributed by atoms with Crippen molar-refractivity contribution in [2.24, 2.45) is 0 Å². The lowest BCUT2D eigenvalue weighted by atomic mass is 10.1. The number of benzene rings is 1. The maximum Gasteiger partial charge on any atom is 0.103 e. The smallest absolute Gasteiger partial charge is 0.103 e. The highest BCUT2D eigenvalue weighted by Gasteiger charge is 2.16. The molecule has 0 aliphatic carbocycles. The summed E-state index contributed by atoms with van der Waals surface area (Å²) in [5.41, 5.74) is 2.12. The van der Waals surface area contributed by atoms with Crippen LogP contribution in [0.3, 0.4) is 0 Å². The largest absolute Gasteiger partial charge is 0.394 e. The van der Waals surface area contributed by atoms with Crippen LogP contribution in [0.5, 0.6) is 0 Å². The molecule has 0 unspecified atom stereocenters. The van der Waals surface area contributed by atoms with Gasteiger partial charge in [0.05, 0.1) is 29.4 Å². The second-order valence-electron chi connectivity index (χ2n) is 3.87. The monoisotopic (exact) mass is 234 g/mol. The van der Waals surface area contributed by atoms with Gasteiger partial charge in [-0.15, -0.1) is 0 Å². The number of fused-ring (bicyclic) bond motifs is 1. The van der Waals surface area contributed by atoms with Crippen molar-refractivity contribution in [3.05, 3.63) is 36.2 Å². The first-order chi connectivity index (χ1) is 8.20. The van der Waals surface area contributed by atoms with Crippen molar-refractivity contribution in [2.45, 2.75) is 18.6 Å². The molecule has 0 aliphatic rings. The molecule has 0 spiro atoms. The molecule has 2 rings (SSSR count). The lowest BCUT2D eigenvalue weighted by molar-refractivity contribution is -0.0136. The highest BCUT2D eigenvalue weighted by atomic mass is 16.4. The molecule has 0 bridgehead atoms. The molecule has 0 amide bonds. The number of para-hydroxylation sites is 2. The first-order valence-electron chi connectivity index (χ1n) is 5.38. The first kappa shape index (κ1) is 11.9. The molecule has 1 aromatic heterocycles. The molecule has 5 heteroatoms. The van der Waals surface area contributed by atoms with E-state index in [1.165, 1.54) is 0 Å². The average Bonchev–Trinajstić information content (AvgIpc) is 2.37. The fraction of sp³-hybridized carbons (Fsp3) is 0.333. The summed E-state index contributed by atoms with van der Waals surface area (Å²) in [6, 6.07) is 7.42. The third-order valence-corrected chi connectivity index (χ3v) is 2.55. The molecule has 1 heterocycles. The summed E-state index contributed by atoms with van der Waals surface area (Å²) >= 11 is 0. The van der Waals surface area contributed by atoms with Gasteiger partial charge >= 0.3 is 0 Å². The van der Waals surface area contributed by atoms with E-state index in [-0.39, 0.29) is 6.42 Å². The van der Waals surface area contributed by atoms with E-state index in [9.17, 15) is 10.2 Å². The summed E-state index contributed by atoms with van der Waals surface area (Å²) in [7, 11) is 0. The van der Waals surface area contributed by atoms with Crippen LogP contribution in [-0.4, -0.2) is 44.1 Å². The van der Waals surface area contributed by atoms with Crippen LogP contribution in [0.2, 0.25) is 0 Å². The van der Waals surface area contributed by atoms with Gasteiger partial charge in [-0.3, -0.25) is 4.98 Å². The molecule has 2 aromatic rings. The molecule has 0 fully saturated rings. The molecule has 2 atom stereocenters. The predicted molar refractivity (Wildman–Crippen MR) is 62.3 cm³/mol. The van der Waals surface area contributed by atoms with Gasteiger partial charge in [-0.05, 0) is 12.1 Å². The minimum Gasteiger partial charge on any atom is -0.394 e. The second kappa shape index (κ2) is 5.18. The zero-order valence-electron chi connectivity index (χ0n) is 9.19. The van der Waals surface area contributed by atoms with Gasteiger partial charge in [-0.2, -0.15) is 0 Å². The standard InChI is InChI=1S/C12H14N2O3/c15-7-12(17)11(16)5-8-6-13-9-3-1-2-4-10(9)14-8/h1-4,6,11-12,15-17H,5,7H2/t11-,12+/m0/s1. The number of aliphatic hydroxyl groups is 3. The summed E-state index contributed by atoms with van der Waals surface area (Å²) in [6.07, 6.45) is -0.450. The van der Waals surface area contributed by atoms with Crippen LogP contribution in [0.4, 0.5) is 0 Å². The average molecular weight is 234 g/mol. The minimum absolute atomic E-state index is 0.166. The van der Waals surface area contributed by atoms with E-state index in [0.29, 0.717) is 5.69 Å². The molecule has 17 heavy (non-hydrogen) atoms. The Bertz CT molecular complexity index is 504. The molecule has 90 valence electrons. The van der Waals surface area contributed by atoms with E-state index in [0.717, 1.165) is 11.0 Å². The third-order valence-electron chi connectivity index (χ3n) is 2.55. The van der Waals surface area contributed by atoms with Crippen molar-refractivity contribution >= 4 is 11.0 Å². The molecule has 5 nitrogen and oxygen atoms in total. The first-order valence-corrected chi connectivity index (χ1v) is 5.38. The fourth-order valence-corrected chi connectivity index (χ4v) is 1.57. The Kier molecular flexibility index (Phi) is 3.63. The molecule has 0 saturated carbocycles. The van der Waals surface area contributed by atoms with Gasteiger partial charge in [0.2, 0.25) is 0 Å². The quantitative estimate of drug-likeness (QED) is 0.687. The maximum atomic E-state index is 9.57. The Morgan fingerprint density at radius 2 is 1.76 bits per heavy atom. The van der Waals surface area contributed by atoms with Gasteiger partial charge < -0.3 is 15.3 Å². The zero-order valence-corrected chi connectivity index (χ0v) is 9.19. The number of hydrogen-bond acceptors (Lipinski definition) is 5. The van der Waals surface area contributed by atoms with Gasteiger partial charge in [0, 0.05) is 12.6 Å². The van der Waals surface area contributed by atoms with Crippen molar-refractivity contribution in [3.8, 4) is 0 Å². The fourth-order valence-electron chi connectivity index (χ4n) is 1.57. The summed E-state index contributed by atoms with van der Waals surface area (Å²) in [5.74, 6) is 0. The number of aliphatic hydroxyl groups excluding tert-OH is 3. The summed E-state index contributed by atoms with van der Waals surface area (Å²) in [5, 5.41) is 27.5. The van der Waals surface area contributed by atoms with Crippen LogP contribution in [0.1, 0.15) is 5.69 Å². The number of rotatable bonds is 4. The molecule has 0 saturated heterocycles. The lowest BCUT2D eigenvalue weighted by Gasteiger charge is -2.14. The van der Waals surface area contributed by atoms with Crippen LogP contribution in [0.15, 0.2) is 30.5 Å². The van der Waals surface area contributed by atoms with Crippen molar-refractivity contribution in [2.75, 3.05) is 6.61 Å². The van der Waals surface area contributed by atoms with Crippen LogP contribution in [-0.2, 0) is 6.42 Å². The Morgan fingerprint density at radius 3 is 2.47 bits per heavy atom. The van der Waals surface area contributed by atoms with E-state index in [1.54, 1.807) is 6.20 Å². The van der Waals surface area contributed by atoms with E-state index in [2.05, 4.69) is 9.97 Å². The zero-order chi connectivity index (χ0) is 12.3. The van der Waals surface area contributed by atoms with Gasteiger partial charge in [-0.25, -0.2) is 4.98 Å². The SMILES string of the molecule is OC[C@@H](O)[C@@H](O)Cc1cnc2ccccc2n1. The Hall–Kier alpha value is -1.56. The molecular weight excluding hydrogens is 220 g/mol. The van der Waals surface area contributed by atoms with Crippen molar-refractivity contribution in [1.82, 2.24) is 9.97 Å². The van der Waals surface area contributed by atoms with Crippen LogP contribution < -0.4 is 0 Å². The second-order valence-corrected chi connectivity index (χ2v) is 3.87. The summed E-state index contributed by atoms with van der Waals surface area (Å²) in [6.45, 7) is -0.470. The molecule has 1 aromatic carbocycles. The molecule has 0 radical (unpaired) electrons. The van der Waals surface area contributed by atoms with Gasteiger partial charge in [-0.1, -0.05) is 12.1 Å². The Balaban J connectivity index is 2.19. The predicted octanol–water partition coefficient (Wildman–Crippen LogP) is -0.114. The molecular formula is C12H14N2O3. The topological polar surface area (TPSA) is 86.5 Å². The Morgan fingerprint density at radius 1 is 1.06 bits per heavy atom. The number of aromatic nitrogens is 2. The van der Waals surface area contributed by atoms with E-state index < -0.39 is 18.8 Å². The molecule has 3 N–H and O–H groups in total. The van der Waals surface area contributed by atoms with Gasteiger partial charge in [0.25, 0.3) is 0 Å². The van der Waals surface area contributed by atoms with E-state index >= 15 is 0 Å². The van der Waals surface area contributed by atoms with Crippen LogP contribution in [0.25, 0.3) is 11.0 Å². The number of hydrogen-bond donors (Lipinski definition) is 3. The summed E-state index contributed by atoms with van der Waals surface area (Å²) < 4.78 is 0. The van der Waals surface area contributed by atoms with Gasteiger partial charge in [0.1, 0.15) is 6.10 Å². The van der Waals surface area contributed by atoms with Crippen molar-refractivity contribution in [1.29, 1.82) is 0 Å². The molecule has 0 aliphatic heterocycles. The van der Waals surface area contributed by atoms with Crippen LogP contribution in [0, 0.1) is 0 Å². The van der Waals surface area contributed by atoms with Gasteiger partial charge in [0.15, 0.2) is 0 Å². The maximum absolute atomic E-state index is 9.57. The third kappa shape index (κ3) is 2.76. The Labute approximate surface area is 98.4 Å². The van der Waals surface area contributed by atoms with Crippen molar-refractivity contribution in [3.63, 3.8) is 0 Å². The summed E-state index contributed by atoms with van der Waals surface area (Å²) in [4.78, 5) is 8.52. The van der Waals surface area contributed by atoms with Crippen molar-refractivity contribution < 1.29 is 15.3 Å². The van der Waals surface area contributed by atoms with Crippen LogP contribution >= 0.6 is 0 Å². The lowest BCUT2D eigenvalue weighted by Crippen LogP contribution is -2.31. The van der Waals surface area contributed by atoms with E-state index in [1.807, 2.05) is 24.3 Å². The normalized spacial score (nSPS) is 14.8. The highest BCUT2D eigenvalue weighted by Crippen LogP contribution is 2.10. The van der Waals surface area contributed by atoms with E-state index in [4.69, 9.17) is 5.11 Å². The highest BCUT2D eigenvalue weighted by molar-refractivity contribution is 5.73.